The van der Waals surface area contributed by atoms with Crippen LogP contribution < -0.4 is 10.6 Å². The number of nitrogens with one attached hydrogen (secondary N) is 2. The molecular weight excluding hydrogens is 318 g/mol. The molecule has 134 valence electrons. The lowest BCUT2D eigenvalue weighted by molar-refractivity contribution is -0.128. The molecule has 0 spiro atoms. The Balaban J connectivity index is 1.50. The molecule has 1 atom stereocenters. The molecule has 1 unspecified atom stereocenters. The molecule has 1 aliphatic heterocycles. The maximum atomic E-state index is 12.3. The highest BCUT2D eigenvalue weighted by Crippen LogP contribution is 2.24. The van der Waals surface area contributed by atoms with Gasteiger partial charge in [-0.05, 0) is 37.0 Å². The van der Waals surface area contributed by atoms with Crippen LogP contribution in [0, 0.1) is 5.92 Å². The van der Waals surface area contributed by atoms with Crippen molar-refractivity contribution in [2.45, 2.75) is 44.7 Å². The quantitative estimate of drug-likeness (QED) is 0.849. The number of rotatable bonds is 5. The van der Waals surface area contributed by atoms with E-state index in [1.807, 2.05) is 12.1 Å². The Labute approximate surface area is 148 Å². The van der Waals surface area contributed by atoms with Crippen molar-refractivity contribution in [1.29, 1.82) is 0 Å². The first-order valence-corrected chi connectivity index (χ1v) is 8.97. The minimum Gasteiger partial charge on any atom is -0.352 e. The zero-order valence-electron chi connectivity index (χ0n) is 14.6. The zero-order chi connectivity index (χ0) is 17.8. The maximum Gasteiger partial charge on any atom is 0.251 e. The fraction of sp³-hybridized carbons (Fsp3) is 0.526. The molecule has 3 rings (SSSR count). The minimum atomic E-state index is -0.428. The third kappa shape index (κ3) is 4.18. The van der Waals surface area contributed by atoms with E-state index < -0.39 is 6.04 Å². The summed E-state index contributed by atoms with van der Waals surface area (Å²) in [5, 5.41) is 5.75. The van der Waals surface area contributed by atoms with Crippen molar-refractivity contribution in [2.75, 3.05) is 13.6 Å². The molecule has 3 amide bonds. The van der Waals surface area contributed by atoms with Gasteiger partial charge in [-0.3, -0.25) is 14.4 Å². The van der Waals surface area contributed by atoms with E-state index in [4.69, 9.17) is 0 Å². The van der Waals surface area contributed by atoms with E-state index in [1.165, 1.54) is 0 Å². The Bertz CT molecular complexity index is 650. The molecule has 1 aromatic rings. The first-order valence-electron chi connectivity index (χ1n) is 8.97. The lowest BCUT2D eigenvalue weighted by Crippen LogP contribution is -2.40. The van der Waals surface area contributed by atoms with Crippen molar-refractivity contribution < 1.29 is 14.4 Å². The van der Waals surface area contributed by atoms with Crippen LogP contribution in [0.1, 0.15) is 48.0 Å². The Morgan fingerprint density at radius 2 is 1.80 bits per heavy atom. The predicted octanol–water partition coefficient (Wildman–Crippen LogP) is 1.45. The molecule has 2 fully saturated rings. The number of likely N-dealkylation sites (N-methyl/N-ethyl adjacent to an activating group) is 1. The number of carbonyl (C=O) groups excluding carboxylic acids is 3. The lowest BCUT2D eigenvalue weighted by Gasteiger charge is -2.13. The Morgan fingerprint density at radius 3 is 2.40 bits per heavy atom. The van der Waals surface area contributed by atoms with E-state index >= 15 is 0 Å². The monoisotopic (exact) mass is 343 g/mol. The fourth-order valence-corrected chi connectivity index (χ4v) is 3.49. The maximum absolute atomic E-state index is 12.3. The van der Waals surface area contributed by atoms with Crippen LogP contribution in [-0.2, 0) is 16.1 Å². The second kappa shape index (κ2) is 7.68. The largest absolute Gasteiger partial charge is 0.352 e. The molecule has 2 aliphatic rings. The fourth-order valence-electron chi connectivity index (χ4n) is 3.49. The van der Waals surface area contributed by atoms with Gasteiger partial charge >= 0.3 is 0 Å². The van der Waals surface area contributed by atoms with Crippen LogP contribution in [0.3, 0.4) is 0 Å². The van der Waals surface area contributed by atoms with Gasteiger partial charge in [-0.2, -0.15) is 0 Å². The van der Waals surface area contributed by atoms with Crippen LogP contribution in [0.15, 0.2) is 24.3 Å². The number of hydrogen-bond acceptors (Lipinski definition) is 3. The summed E-state index contributed by atoms with van der Waals surface area (Å²) >= 11 is 0. The van der Waals surface area contributed by atoms with Gasteiger partial charge in [0.1, 0.15) is 6.04 Å². The van der Waals surface area contributed by atoms with E-state index in [2.05, 4.69) is 10.6 Å². The molecule has 1 saturated heterocycles. The van der Waals surface area contributed by atoms with Gasteiger partial charge in [-0.25, -0.2) is 0 Å². The van der Waals surface area contributed by atoms with Crippen molar-refractivity contribution in [3.63, 3.8) is 0 Å². The van der Waals surface area contributed by atoms with E-state index in [0.29, 0.717) is 25.1 Å². The van der Waals surface area contributed by atoms with Gasteiger partial charge in [0.15, 0.2) is 0 Å². The molecular formula is C19H25N3O3. The van der Waals surface area contributed by atoms with Crippen molar-refractivity contribution in [3.8, 4) is 0 Å². The Morgan fingerprint density at radius 1 is 1.12 bits per heavy atom. The number of hydrogen-bond donors (Lipinski definition) is 2. The predicted molar refractivity (Wildman–Crippen MR) is 93.8 cm³/mol. The average Bonchev–Trinajstić information content (AvgIpc) is 3.26. The first kappa shape index (κ1) is 17.5. The third-order valence-electron chi connectivity index (χ3n) is 5.14. The summed E-state index contributed by atoms with van der Waals surface area (Å²) in [7, 11) is 1.74. The van der Waals surface area contributed by atoms with E-state index in [-0.39, 0.29) is 23.6 Å². The lowest BCUT2D eigenvalue weighted by atomic mass is 10.1. The number of carbonyl (C=O) groups is 3. The van der Waals surface area contributed by atoms with Crippen molar-refractivity contribution in [3.05, 3.63) is 35.4 Å². The van der Waals surface area contributed by atoms with Gasteiger partial charge in [-0.15, -0.1) is 0 Å². The average molecular weight is 343 g/mol. The van der Waals surface area contributed by atoms with Gasteiger partial charge in [0, 0.05) is 31.6 Å². The number of nitrogens with zero attached hydrogens (tertiary/aromatic N) is 1. The molecule has 1 aliphatic carbocycles. The van der Waals surface area contributed by atoms with Crippen LogP contribution in [0.5, 0.6) is 0 Å². The summed E-state index contributed by atoms with van der Waals surface area (Å²) < 4.78 is 0. The molecule has 0 radical (unpaired) electrons. The van der Waals surface area contributed by atoms with Gasteiger partial charge in [0.25, 0.3) is 5.91 Å². The van der Waals surface area contributed by atoms with Crippen molar-refractivity contribution in [1.82, 2.24) is 15.5 Å². The van der Waals surface area contributed by atoms with Gasteiger partial charge in [-0.1, -0.05) is 25.0 Å². The summed E-state index contributed by atoms with van der Waals surface area (Å²) in [6.45, 7) is 1.15. The Kier molecular flexibility index (Phi) is 5.36. The van der Waals surface area contributed by atoms with E-state index in [1.54, 1.807) is 24.1 Å². The molecule has 6 heteroatoms. The highest BCUT2D eigenvalue weighted by Gasteiger charge is 2.30. The summed E-state index contributed by atoms with van der Waals surface area (Å²) in [6.07, 6.45) is 4.90. The second-order valence-corrected chi connectivity index (χ2v) is 6.97. The van der Waals surface area contributed by atoms with Crippen molar-refractivity contribution >= 4 is 17.7 Å². The molecule has 6 nitrogen and oxygen atoms in total. The highest BCUT2D eigenvalue weighted by atomic mass is 16.2. The molecule has 1 aromatic carbocycles. The van der Waals surface area contributed by atoms with Crippen molar-refractivity contribution in [2.24, 2.45) is 5.92 Å². The normalized spacial score (nSPS) is 20.8. The number of likely N-dealkylation sites (tertiary alicyclic amines) is 1. The molecule has 0 bridgehead atoms. The summed E-state index contributed by atoms with van der Waals surface area (Å²) in [6, 6.07) is 6.71. The topological polar surface area (TPSA) is 78.5 Å². The van der Waals surface area contributed by atoms with Gasteiger partial charge in [0.05, 0.1) is 0 Å². The summed E-state index contributed by atoms with van der Waals surface area (Å²) in [5.41, 5.74) is 1.48. The molecule has 1 saturated carbocycles. The van der Waals surface area contributed by atoms with E-state index in [0.717, 1.165) is 31.2 Å². The molecule has 2 N–H and O–H groups in total. The molecule has 1 heterocycles. The van der Waals surface area contributed by atoms with E-state index in [9.17, 15) is 14.4 Å². The molecule has 25 heavy (non-hydrogen) atoms. The third-order valence-corrected chi connectivity index (χ3v) is 5.14. The second-order valence-electron chi connectivity index (χ2n) is 6.97. The highest BCUT2D eigenvalue weighted by molar-refractivity contribution is 5.98. The summed E-state index contributed by atoms with van der Waals surface area (Å²) in [5.74, 6) is 0.00472. The smallest absolute Gasteiger partial charge is 0.251 e. The Hall–Kier alpha value is -2.37. The number of amides is 3. The van der Waals surface area contributed by atoms with Gasteiger partial charge < -0.3 is 15.5 Å². The van der Waals surface area contributed by atoms with Crippen LogP contribution >= 0.6 is 0 Å². The number of benzene rings is 1. The van der Waals surface area contributed by atoms with Crippen LogP contribution in [0.4, 0.5) is 0 Å². The molecule has 0 aromatic heterocycles. The standard InChI is InChI=1S/C19H25N3O3/c1-22-11-10-16(19(22)25)21-18(24)15-8-6-13(7-9-15)12-20-17(23)14-4-2-3-5-14/h6-9,14,16H,2-5,10-12H2,1H3,(H,20,23)(H,21,24). The zero-order valence-corrected chi connectivity index (χ0v) is 14.6. The first-order chi connectivity index (χ1) is 12.0. The summed E-state index contributed by atoms with van der Waals surface area (Å²) in [4.78, 5) is 37.8. The van der Waals surface area contributed by atoms with Crippen LogP contribution in [0.2, 0.25) is 0 Å². The van der Waals surface area contributed by atoms with Crippen LogP contribution in [0.25, 0.3) is 0 Å². The SMILES string of the molecule is CN1CCC(NC(=O)c2ccc(CNC(=O)C3CCCC3)cc2)C1=O. The minimum absolute atomic E-state index is 0.0420. The van der Waals surface area contributed by atoms with Gasteiger partial charge in [0.2, 0.25) is 11.8 Å². The van der Waals surface area contributed by atoms with Crippen LogP contribution in [-0.4, -0.2) is 42.3 Å².